The molecule has 0 saturated heterocycles. The lowest BCUT2D eigenvalue weighted by atomic mass is 9.86. The maximum atomic E-state index is 6.08. The van der Waals surface area contributed by atoms with Crippen LogP contribution in [0.3, 0.4) is 0 Å². The van der Waals surface area contributed by atoms with Crippen LogP contribution >= 0.6 is 11.6 Å². The van der Waals surface area contributed by atoms with Gasteiger partial charge >= 0.3 is 0 Å². The molecule has 2 atom stereocenters. The minimum absolute atomic E-state index is 0.328. The van der Waals surface area contributed by atoms with Crippen molar-refractivity contribution in [1.29, 1.82) is 0 Å². The molecule has 3 heteroatoms. The minimum Gasteiger partial charge on any atom is -0.490 e. The van der Waals surface area contributed by atoms with Gasteiger partial charge in [-0.2, -0.15) is 0 Å². The number of hydrogen-bond donors (Lipinski definition) is 1. The maximum absolute atomic E-state index is 6.08. The summed E-state index contributed by atoms with van der Waals surface area (Å²) in [4.78, 5) is 0. The zero-order chi connectivity index (χ0) is 12.1. The van der Waals surface area contributed by atoms with Gasteiger partial charge < -0.3 is 10.1 Å². The van der Waals surface area contributed by atoms with Crippen LogP contribution in [0.5, 0.6) is 5.75 Å². The molecule has 1 aromatic rings. The lowest BCUT2D eigenvalue weighted by Crippen LogP contribution is -2.36. The van der Waals surface area contributed by atoms with Crippen molar-refractivity contribution < 1.29 is 4.74 Å². The van der Waals surface area contributed by atoms with Crippen LogP contribution in [0.25, 0.3) is 0 Å². The van der Waals surface area contributed by atoms with Gasteiger partial charge in [-0.3, -0.25) is 0 Å². The molecule has 94 valence electrons. The van der Waals surface area contributed by atoms with E-state index in [-0.39, 0.29) is 0 Å². The molecule has 0 aromatic heterocycles. The Kier molecular flexibility index (Phi) is 4.69. The predicted molar refractivity (Wildman–Crippen MR) is 71.8 cm³/mol. The van der Waals surface area contributed by atoms with Gasteiger partial charge in [0, 0.05) is 17.5 Å². The fraction of sp³-hybridized carbons (Fsp3) is 0.571. The average Bonchev–Trinajstić information content (AvgIpc) is 2.32. The topological polar surface area (TPSA) is 21.3 Å². The summed E-state index contributed by atoms with van der Waals surface area (Å²) in [5.41, 5.74) is 0. The van der Waals surface area contributed by atoms with E-state index in [1.807, 2.05) is 31.3 Å². The summed E-state index contributed by atoms with van der Waals surface area (Å²) < 4.78 is 6.08. The summed E-state index contributed by atoms with van der Waals surface area (Å²) in [5, 5.41) is 4.00. The second-order valence-electron chi connectivity index (χ2n) is 4.72. The maximum Gasteiger partial charge on any atom is 0.121 e. The lowest BCUT2D eigenvalue weighted by molar-refractivity contribution is 0.0931. The Morgan fingerprint density at radius 2 is 2.18 bits per heavy atom. The first kappa shape index (κ1) is 12.7. The summed E-state index contributed by atoms with van der Waals surface area (Å²) in [7, 11) is 2.01. The van der Waals surface area contributed by atoms with Gasteiger partial charge in [0.25, 0.3) is 0 Å². The van der Waals surface area contributed by atoms with Gasteiger partial charge in [0.1, 0.15) is 11.9 Å². The molecule has 1 saturated carbocycles. The fourth-order valence-corrected chi connectivity index (χ4v) is 2.72. The molecule has 1 aromatic carbocycles. The first-order valence-electron chi connectivity index (χ1n) is 6.36. The summed E-state index contributed by atoms with van der Waals surface area (Å²) in [5.74, 6) is 1.51. The standard InChI is InChI=1S/C14H20ClNO/c1-16-10-11-5-2-3-8-14(11)17-13-7-4-6-12(15)9-13/h4,6-7,9,11,14,16H,2-3,5,8,10H2,1H3. The second-order valence-corrected chi connectivity index (χ2v) is 5.15. The predicted octanol–water partition coefficient (Wildman–Crippen LogP) is 3.50. The summed E-state index contributed by atoms with van der Waals surface area (Å²) >= 11 is 5.97. The van der Waals surface area contributed by atoms with E-state index in [4.69, 9.17) is 16.3 Å². The monoisotopic (exact) mass is 253 g/mol. The van der Waals surface area contributed by atoms with Crippen LogP contribution in [0.1, 0.15) is 25.7 Å². The fourth-order valence-electron chi connectivity index (χ4n) is 2.54. The number of rotatable bonds is 4. The van der Waals surface area contributed by atoms with E-state index < -0.39 is 0 Å². The molecule has 0 radical (unpaired) electrons. The van der Waals surface area contributed by atoms with Crippen LogP contribution in [0, 0.1) is 5.92 Å². The zero-order valence-corrected chi connectivity index (χ0v) is 11.0. The van der Waals surface area contributed by atoms with E-state index in [2.05, 4.69) is 5.32 Å². The third kappa shape index (κ3) is 3.62. The number of halogens is 1. The van der Waals surface area contributed by atoms with Crippen LogP contribution in [0.4, 0.5) is 0 Å². The summed E-state index contributed by atoms with van der Waals surface area (Å²) in [6.07, 6.45) is 5.33. The highest BCUT2D eigenvalue weighted by Crippen LogP contribution is 2.29. The normalized spacial score (nSPS) is 24.6. The molecular formula is C14H20ClNO. The van der Waals surface area contributed by atoms with E-state index in [1.54, 1.807) is 0 Å². The molecule has 0 bridgehead atoms. The first-order chi connectivity index (χ1) is 8.29. The van der Waals surface area contributed by atoms with Gasteiger partial charge in [-0.1, -0.05) is 24.1 Å². The van der Waals surface area contributed by atoms with Crippen molar-refractivity contribution in [2.24, 2.45) is 5.92 Å². The van der Waals surface area contributed by atoms with Gasteiger partial charge in [0.05, 0.1) is 0 Å². The lowest BCUT2D eigenvalue weighted by Gasteiger charge is -2.31. The van der Waals surface area contributed by atoms with Gasteiger partial charge in [-0.05, 0) is 44.5 Å². The van der Waals surface area contributed by atoms with Crippen molar-refractivity contribution >= 4 is 11.6 Å². The first-order valence-corrected chi connectivity index (χ1v) is 6.74. The molecule has 1 N–H and O–H groups in total. The highest BCUT2D eigenvalue weighted by molar-refractivity contribution is 6.30. The van der Waals surface area contributed by atoms with E-state index in [0.717, 1.165) is 23.7 Å². The Bertz CT molecular complexity index is 354. The van der Waals surface area contributed by atoms with Gasteiger partial charge in [0.15, 0.2) is 0 Å². The molecule has 2 unspecified atom stereocenters. The van der Waals surface area contributed by atoms with E-state index in [0.29, 0.717) is 12.0 Å². The number of benzene rings is 1. The molecule has 2 rings (SSSR count). The van der Waals surface area contributed by atoms with Crippen LogP contribution < -0.4 is 10.1 Å². The smallest absolute Gasteiger partial charge is 0.121 e. The molecule has 0 amide bonds. The van der Waals surface area contributed by atoms with Gasteiger partial charge in [-0.25, -0.2) is 0 Å². The summed E-state index contributed by atoms with van der Waals surface area (Å²) in [6.45, 7) is 1.03. The molecular weight excluding hydrogens is 234 g/mol. The number of ether oxygens (including phenoxy) is 1. The quantitative estimate of drug-likeness (QED) is 0.887. The molecule has 0 spiro atoms. The van der Waals surface area contributed by atoms with Gasteiger partial charge in [-0.15, -0.1) is 0 Å². The third-order valence-corrected chi connectivity index (χ3v) is 3.62. The minimum atomic E-state index is 0.328. The van der Waals surface area contributed by atoms with Crippen molar-refractivity contribution in [1.82, 2.24) is 5.32 Å². The van der Waals surface area contributed by atoms with Crippen molar-refractivity contribution in [3.63, 3.8) is 0 Å². The zero-order valence-electron chi connectivity index (χ0n) is 10.3. The van der Waals surface area contributed by atoms with E-state index >= 15 is 0 Å². The molecule has 1 aliphatic rings. The molecule has 0 aliphatic heterocycles. The van der Waals surface area contributed by atoms with Crippen LogP contribution in [-0.2, 0) is 0 Å². The third-order valence-electron chi connectivity index (χ3n) is 3.39. The molecule has 0 heterocycles. The Morgan fingerprint density at radius 3 is 2.94 bits per heavy atom. The van der Waals surface area contributed by atoms with Crippen molar-refractivity contribution in [3.8, 4) is 5.75 Å². The molecule has 1 fully saturated rings. The molecule has 1 aliphatic carbocycles. The summed E-state index contributed by atoms with van der Waals surface area (Å²) in [6, 6.07) is 7.69. The number of nitrogens with one attached hydrogen (secondary N) is 1. The Labute approximate surface area is 108 Å². The highest BCUT2D eigenvalue weighted by Gasteiger charge is 2.26. The SMILES string of the molecule is CNCC1CCCCC1Oc1cccc(Cl)c1. The molecule has 17 heavy (non-hydrogen) atoms. The van der Waals surface area contributed by atoms with Crippen molar-refractivity contribution in [2.75, 3.05) is 13.6 Å². The van der Waals surface area contributed by atoms with Crippen LogP contribution in [0.15, 0.2) is 24.3 Å². The van der Waals surface area contributed by atoms with Gasteiger partial charge in [0.2, 0.25) is 0 Å². The van der Waals surface area contributed by atoms with E-state index in [9.17, 15) is 0 Å². The Hall–Kier alpha value is -0.730. The van der Waals surface area contributed by atoms with Crippen molar-refractivity contribution in [3.05, 3.63) is 29.3 Å². The van der Waals surface area contributed by atoms with Crippen LogP contribution in [0.2, 0.25) is 5.02 Å². The largest absolute Gasteiger partial charge is 0.490 e. The van der Waals surface area contributed by atoms with E-state index in [1.165, 1.54) is 19.3 Å². The second kappa shape index (κ2) is 6.27. The Morgan fingerprint density at radius 1 is 1.35 bits per heavy atom. The Balaban J connectivity index is 2.00. The number of hydrogen-bond acceptors (Lipinski definition) is 2. The highest BCUT2D eigenvalue weighted by atomic mass is 35.5. The van der Waals surface area contributed by atoms with Crippen molar-refractivity contribution in [2.45, 2.75) is 31.8 Å². The molecule has 2 nitrogen and oxygen atoms in total. The van der Waals surface area contributed by atoms with Crippen LogP contribution in [-0.4, -0.2) is 19.7 Å². The average molecular weight is 254 g/mol.